The van der Waals surface area contributed by atoms with Crippen LogP contribution in [0.2, 0.25) is 0 Å². The first-order chi connectivity index (χ1) is 16.4. The fraction of sp³-hybridized carbons (Fsp3) is 0.333. The number of aromatic hydroxyl groups is 2. The van der Waals surface area contributed by atoms with Gasteiger partial charge in [-0.25, -0.2) is 0 Å². The first kappa shape index (κ1) is 23.3. The normalized spacial score (nSPS) is 20.2. The van der Waals surface area contributed by atoms with Gasteiger partial charge in [0.25, 0.3) is 0 Å². The van der Waals surface area contributed by atoms with Crippen molar-refractivity contribution in [1.82, 2.24) is 0 Å². The molecule has 2 atom stereocenters. The summed E-state index contributed by atoms with van der Waals surface area (Å²) in [6, 6.07) is 10.8. The van der Waals surface area contributed by atoms with E-state index in [4.69, 9.17) is 0 Å². The molecule has 0 amide bonds. The molecule has 0 aromatic heterocycles. The van der Waals surface area contributed by atoms with Gasteiger partial charge in [0.1, 0.15) is 17.3 Å². The van der Waals surface area contributed by atoms with Crippen LogP contribution in [-0.2, 0) is 16.8 Å². The number of Topliss-reactive ketones (excluding diaryl/α,β-unsaturated/α-hetero) is 2. The molecule has 180 valence electrons. The number of hydrogen-bond acceptors (Lipinski definition) is 5. The third-order valence-electron chi connectivity index (χ3n) is 7.55. The van der Waals surface area contributed by atoms with Gasteiger partial charge in [-0.1, -0.05) is 26.0 Å². The summed E-state index contributed by atoms with van der Waals surface area (Å²) in [7, 11) is 0. The summed E-state index contributed by atoms with van der Waals surface area (Å²) < 4.78 is 0. The zero-order valence-electron chi connectivity index (χ0n) is 20.7. The number of phenols is 2. The van der Waals surface area contributed by atoms with Crippen LogP contribution in [0.25, 0.3) is 22.3 Å². The minimum Gasteiger partial charge on any atom is -0.507 e. The SMILES string of the molecule is CC(=O)C[C@]1(O)C(=O)c2cc3c(cc2-c2c(O)cc(C)cc21)C[C@@H](C(C)C)c1cc(C)cc(O)c1-3. The van der Waals surface area contributed by atoms with Crippen LogP contribution in [0.5, 0.6) is 11.5 Å². The fourth-order valence-electron chi connectivity index (χ4n) is 6.02. The molecule has 0 bridgehead atoms. The topological polar surface area (TPSA) is 94.8 Å². The van der Waals surface area contributed by atoms with E-state index in [9.17, 15) is 24.9 Å². The molecule has 0 heterocycles. The van der Waals surface area contributed by atoms with Gasteiger partial charge in [0.15, 0.2) is 11.4 Å². The largest absolute Gasteiger partial charge is 0.507 e. The highest BCUT2D eigenvalue weighted by molar-refractivity contribution is 6.15. The summed E-state index contributed by atoms with van der Waals surface area (Å²) in [4.78, 5) is 25.9. The van der Waals surface area contributed by atoms with Gasteiger partial charge in [-0.05, 0) is 96.7 Å². The van der Waals surface area contributed by atoms with Gasteiger partial charge in [-0.3, -0.25) is 9.59 Å². The van der Waals surface area contributed by atoms with Gasteiger partial charge in [-0.2, -0.15) is 0 Å². The molecule has 5 heteroatoms. The van der Waals surface area contributed by atoms with E-state index >= 15 is 0 Å². The molecule has 5 rings (SSSR count). The zero-order valence-corrected chi connectivity index (χ0v) is 20.7. The molecule has 0 radical (unpaired) electrons. The second kappa shape index (κ2) is 7.79. The number of fused-ring (bicyclic) bond motifs is 6. The first-order valence-corrected chi connectivity index (χ1v) is 12.0. The lowest BCUT2D eigenvalue weighted by Crippen LogP contribution is -2.41. The molecular formula is C30H30O5. The van der Waals surface area contributed by atoms with Crippen LogP contribution in [-0.4, -0.2) is 26.9 Å². The van der Waals surface area contributed by atoms with Crippen LogP contribution in [0.1, 0.15) is 71.3 Å². The van der Waals surface area contributed by atoms with Crippen LogP contribution in [0.15, 0.2) is 36.4 Å². The van der Waals surface area contributed by atoms with Gasteiger partial charge < -0.3 is 15.3 Å². The van der Waals surface area contributed by atoms with Crippen molar-refractivity contribution in [2.24, 2.45) is 5.92 Å². The molecule has 2 aliphatic rings. The van der Waals surface area contributed by atoms with E-state index in [-0.39, 0.29) is 40.7 Å². The fourth-order valence-corrected chi connectivity index (χ4v) is 6.02. The van der Waals surface area contributed by atoms with Crippen molar-refractivity contribution >= 4 is 11.6 Å². The summed E-state index contributed by atoms with van der Waals surface area (Å²) in [5, 5.41) is 33.6. The van der Waals surface area contributed by atoms with Crippen LogP contribution in [0.4, 0.5) is 0 Å². The average Bonchev–Trinajstić information content (AvgIpc) is 2.74. The molecule has 0 saturated heterocycles. The van der Waals surface area contributed by atoms with E-state index in [1.165, 1.54) is 6.92 Å². The van der Waals surface area contributed by atoms with Crippen molar-refractivity contribution in [3.63, 3.8) is 0 Å². The highest BCUT2D eigenvalue weighted by atomic mass is 16.3. The number of ketones is 2. The van der Waals surface area contributed by atoms with Gasteiger partial charge in [0.2, 0.25) is 0 Å². The second-order valence-electron chi connectivity index (χ2n) is 10.6. The number of aryl methyl sites for hydroxylation is 2. The van der Waals surface area contributed by atoms with Crippen molar-refractivity contribution < 1.29 is 24.9 Å². The Hall–Kier alpha value is -3.44. The minimum atomic E-state index is -2.07. The summed E-state index contributed by atoms with van der Waals surface area (Å²) in [6.07, 6.45) is 0.346. The number of hydrogen-bond donors (Lipinski definition) is 3. The van der Waals surface area contributed by atoms with Crippen molar-refractivity contribution in [2.45, 2.75) is 59.0 Å². The Labute approximate surface area is 205 Å². The maximum Gasteiger partial charge on any atom is 0.200 e. The predicted octanol–water partition coefficient (Wildman–Crippen LogP) is 5.71. The summed E-state index contributed by atoms with van der Waals surface area (Å²) >= 11 is 0. The molecule has 0 saturated carbocycles. The summed E-state index contributed by atoms with van der Waals surface area (Å²) in [5.41, 5.74) is 4.51. The molecule has 2 aliphatic carbocycles. The van der Waals surface area contributed by atoms with E-state index in [2.05, 4.69) is 19.9 Å². The van der Waals surface area contributed by atoms with Crippen LogP contribution in [0.3, 0.4) is 0 Å². The smallest absolute Gasteiger partial charge is 0.200 e. The Morgan fingerprint density at radius 1 is 0.943 bits per heavy atom. The van der Waals surface area contributed by atoms with E-state index in [0.717, 1.165) is 28.7 Å². The molecule has 0 unspecified atom stereocenters. The quantitative estimate of drug-likeness (QED) is 0.456. The Morgan fingerprint density at radius 3 is 2.20 bits per heavy atom. The number of benzene rings is 3. The Bertz CT molecular complexity index is 1430. The van der Waals surface area contributed by atoms with Crippen molar-refractivity contribution in [2.75, 3.05) is 0 Å². The highest BCUT2D eigenvalue weighted by Gasteiger charge is 2.47. The van der Waals surface area contributed by atoms with Gasteiger partial charge in [0.05, 0.1) is 0 Å². The molecule has 0 aliphatic heterocycles. The number of aliphatic hydroxyl groups is 1. The molecule has 35 heavy (non-hydrogen) atoms. The standard InChI is InChI=1S/C30H30O5/c1-14(2)19-10-18-11-22-23(12-20(18)27-21(19)6-15(3)8-25(27)32)29(34)30(35,13-17(5)31)24-7-16(4)9-26(33)28(22)24/h6-9,11-12,14,19,32-33,35H,10,13H2,1-5H3/t19-,30+/m0/s1. The number of carbonyl (C=O) groups excluding carboxylic acids is 2. The molecule has 0 fully saturated rings. The van der Waals surface area contributed by atoms with Crippen molar-refractivity contribution in [1.29, 1.82) is 0 Å². The second-order valence-corrected chi connectivity index (χ2v) is 10.6. The molecule has 5 nitrogen and oxygen atoms in total. The van der Waals surface area contributed by atoms with Gasteiger partial charge in [0, 0.05) is 28.7 Å². The maximum atomic E-state index is 13.8. The Morgan fingerprint density at radius 2 is 1.57 bits per heavy atom. The maximum absolute atomic E-state index is 13.8. The molecule has 3 aromatic rings. The average molecular weight is 471 g/mol. The minimum absolute atomic E-state index is 0.0363. The highest BCUT2D eigenvalue weighted by Crippen LogP contribution is 2.53. The van der Waals surface area contributed by atoms with E-state index < -0.39 is 11.4 Å². The van der Waals surface area contributed by atoms with Crippen LogP contribution >= 0.6 is 0 Å². The monoisotopic (exact) mass is 470 g/mol. The Balaban J connectivity index is 1.85. The molecule has 3 aromatic carbocycles. The summed E-state index contributed by atoms with van der Waals surface area (Å²) in [5.74, 6) is -0.265. The lowest BCUT2D eigenvalue weighted by atomic mass is 9.68. The summed E-state index contributed by atoms with van der Waals surface area (Å²) in [6.45, 7) is 9.38. The lowest BCUT2D eigenvalue weighted by molar-refractivity contribution is -0.120. The first-order valence-electron chi connectivity index (χ1n) is 12.0. The van der Waals surface area contributed by atoms with E-state index in [1.807, 2.05) is 13.0 Å². The number of phenolic OH excluding ortho intramolecular Hbond substituents is 2. The zero-order chi connectivity index (χ0) is 25.4. The third-order valence-corrected chi connectivity index (χ3v) is 7.55. The molecule has 0 spiro atoms. The van der Waals surface area contributed by atoms with Crippen LogP contribution in [0, 0.1) is 19.8 Å². The number of rotatable bonds is 3. The predicted molar refractivity (Wildman–Crippen MR) is 135 cm³/mol. The molecular weight excluding hydrogens is 440 g/mol. The van der Waals surface area contributed by atoms with E-state index in [1.54, 1.807) is 31.2 Å². The lowest BCUT2D eigenvalue weighted by Gasteiger charge is -2.37. The van der Waals surface area contributed by atoms with E-state index in [0.29, 0.717) is 28.2 Å². The Kier molecular flexibility index (Phi) is 5.19. The molecule has 3 N–H and O–H groups in total. The number of carbonyl (C=O) groups is 2. The van der Waals surface area contributed by atoms with Crippen molar-refractivity contribution in [3.8, 4) is 33.8 Å². The third kappa shape index (κ3) is 3.41. The van der Waals surface area contributed by atoms with Crippen molar-refractivity contribution in [3.05, 3.63) is 69.8 Å². The van der Waals surface area contributed by atoms with Gasteiger partial charge in [-0.15, -0.1) is 0 Å². The van der Waals surface area contributed by atoms with Crippen LogP contribution < -0.4 is 0 Å². The van der Waals surface area contributed by atoms with Gasteiger partial charge >= 0.3 is 0 Å².